The quantitative estimate of drug-likeness (QED) is 0.620. The lowest BCUT2D eigenvalue weighted by molar-refractivity contribution is -0.123. The Labute approximate surface area is 123 Å². The number of nitrogens with two attached hydrogens (primary N) is 3. The Balaban J connectivity index is 3.22. The first kappa shape index (κ1) is 17.1. The van der Waals surface area contributed by atoms with Gasteiger partial charge >= 0.3 is 0 Å². The molecule has 0 fully saturated rings. The van der Waals surface area contributed by atoms with E-state index in [0.717, 1.165) is 0 Å². The normalized spacial score (nSPS) is 13.9. The van der Waals surface area contributed by atoms with Gasteiger partial charge in [-0.15, -0.1) is 0 Å². The summed E-state index contributed by atoms with van der Waals surface area (Å²) in [7, 11) is 0. The number of hydrogen-bond donors (Lipinski definition) is 3. The van der Waals surface area contributed by atoms with E-state index < -0.39 is 29.7 Å². The largest absolute Gasteiger partial charge is 0.369 e. The van der Waals surface area contributed by atoms with Crippen molar-refractivity contribution in [1.29, 1.82) is 0 Å². The average Bonchev–Trinajstić information content (AvgIpc) is 2.39. The van der Waals surface area contributed by atoms with E-state index >= 15 is 0 Å². The molecule has 2 amide bonds. The summed E-state index contributed by atoms with van der Waals surface area (Å²) in [5.41, 5.74) is 16.8. The third-order valence-electron chi connectivity index (χ3n) is 3.21. The predicted molar refractivity (Wildman–Crippen MR) is 77.4 cm³/mol. The average molecular weight is 296 g/mol. The number of nitrogens with zero attached hydrogens (tertiary/aromatic N) is 1. The van der Waals surface area contributed by atoms with Crippen molar-refractivity contribution in [2.24, 2.45) is 17.2 Å². The van der Waals surface area contributed by atoms with Crippen LogP contribution in [-0.4, -0.2) is 35.8 Å². The minimum atomic E-state index is -0.656. The van der Waals surface area contributed by atoms with Crippen LogP contribution in [0.2, 0.25) is 0 Å². The molecule has 0 saturated carbocycles. The lowest BCUT2D eigenvalue weighted by atomic mass is 9.95. The van der Waals surface area contributed by atoms with Crippen molar-refractivity contribution in [2.75, 3.05) is 13.1 Å². The molecule has 7 heteroatoms. The number of halogens is 1. The summed E-state index contributed by atoms with van der Waals surface area (Å²) in [5.74, 6) is -1.73. The van der Waals surface area contributed by atoms with Crippen molar-refractivity contribution in [1.82, 2.24) is 4.90 Å². The van der Waals surface area contributed by atoms with Gasteiger partial charge in [-0.05, 0) is 12.5 Å². The molecule has 0 spiro atoms. The van der Waals surface area contributed by atoms with Crippen LogP contribution in [0, 0.1) is 5.82 Å². The lowest BCUT2D eigenvalue weighted by Gasteiger charge is -2.34. The smallest absolute Gasteiger partial charge is 0.231 e. The maximum Gasteiger partial charge on any atom is 0.231 e. The Morgan fingerprint density at radius 3 is 2.14 bits per heavy atom. The van der Waals surface area contributed by atoms with Crippen LogP contribution in [0.5, 0.6) is 0 Å². The van der Waals surface area contributed by atoms with Gasteiger partial charge in [0, 0.05) is 11.6 Å². The van der Waals surface area contributed by atoms with Crippen LogP contribution < -0.4 is 17.2 Å². The van der Waals surface area contributed by atoms with E-state index in [-0.39, 0.29) is 13.1 Å². The summed E-state index contributed by atoms with van der Waals surface area (Å²) >= 11 is 0. The number of primary amides is 2. The van der Waals surface area contributed by atoms with Gasteiger partial charge in [-0.3, -0.25) is 14.5 Å². The molecule has 21 heavy (non-hydrogen) atoms. The van der Waals surface area contributed by atoms with Gasteiger partial charge in [-0.2, -0.15) is 0 Å². The van der Waals surface area contributed by atoms with Crippen molar-refractivity contribution in [3.05, 3.63) is 35.6 Å². The molecule has 0 bridgehead atoms. The predicted octanol–water partition coefficient (Wildman–Crippen LogP) is -0.123. The minimum absolute atomic E-state index is 0.227. The second-order valence-corrected chi connectivity index (χ2v) is 4.88. The van der Waals surface area contributed by atoms with Gasteiger partial charge in [0.25, 0.3) is 0 Å². The van der Waals surface area contributed by atoms with E-state index in [1.165, 1.54) is 11.0 Å². The van der Waals surface area contributed by atoms with Crippen LogP contribution in [0.1, 0.15) is 24.9 Å². The van der Waals surface area contributed by atoms with Crippen molar-refractivity contribution < 1.29 is 14.0 Å². The fourth-order valence-corrected chi connectivity index (χ4v) is 2.29. The van der Waals surface area contributed by atoms with Crippen LogP contribution in [-0.2, 0) is 9.59 Å². The van der Waals surface area contributed by atoms with Crippen LogP contribution in [0.25, 0.3) is 0 Å². The van der Waals surface area contributed by atoms with Gasteiger partial charge in [0.2, 0.25) is 11.8 Å². The van der Waals surface area contributed by atoms with Gasteiger partial charge in [0.05, 0.1) is 19.1 Å². The molecule has 1 rings (SSSR count). The number of benzene rings is 1. The Morgan fingerprint density at radius 1 is 1.19 bits per heavy atom. The van der Waals surface area contributed by atoms with Gasteiger partial charge < -0.3 is 17.2 Å². The molecule has 0 aliphatic carbocycles. The molecule has 2 unspecified atom stereocenters. The molecule has 0 aromatic heterocycles. The lowest BCUT2D eigenvalue weighted by Crippen LogP contribution is -2.48. The van der Waals surface area contributed by atoms with Gasteiger partial charge in [0.15, 0.2) is 0 Å². The van der Waals surface area contributed by atoms with E-state index in [1.807, 2.05) is 6.92 Å². The fraction of sp³-hybridized carbons (Fsp3) is 0.429. The summed E-state index contributed by atoms with van der Waals surface area (Å²) in [5, 5.41) is 0. The van der Waals surface area contributed by atoms with Crippen LogP contribution >= 0.6 is 0 Å². The Morgan fingerprint density at radius 2 is 1.71 bits per heavy atom. The molecule has 6 N–H and O–H groups in total. The second kappa shape index (κ2) is 7.70. The molecular weight excluding hydrogens is 275 g/mol. The third kappa shape index (κ3) is 4.80. The zero-order valence-corrected chi connectivity index (χ0v) is 12.0. The maximum atomic E-state index is 14.1. The highest BCUT2D eigenvalue weighted by molar-refractivity contribution is 5.79. The van der Waals surface area contributed by atoms with Crippen molar-refractivity contribution in [3.63, 3.8) is 0 Å². The molecule has 1 aromatic rings. The summed E-state index contributed by atoms with van der Waals surface area (Å²) in [4.78, 5) is 23.8. The van der Waals surface area contributed by atoms with Crippen LogP contribution in [0.15, 0.2) is 24.3 Å². The maximum absolute atomic E-state index is 14.1. The molecule has 0 aliphatic heterocycles. The van der Waals surface area contributed by atoms with E-state index in [1.54, 1.807) is 18.2 Å². The number of amides is 2. The summed E-state index contributed by atoms with van der Waals surface area (Å²) in [6, 6.07) is 4.97. The fourth-order valence-electron chi connectivity index (χ4n) is 2.29. The molecule has 2 atom stereocenters. The van der Waals surface area contributed by atoms with E-state index in [2.05, 4.69) is 0 Å². The van der Waals surface area contributed by atoms with Gasteiger partial charge in [-0.25, -0.2) is 4.39 Å². The Hall–Kier alpha value is -1.99. The molecular formula is C14H21FN4O2. The van der Waals surface area contributed by atoms with Crippen molar-refractivity contribution in [2.45, 2.75) is 25.4 Å². The zero-order valence-electron chi connectivity index (χ0n) is 12.0. The van der Waals surface area contributed by atoms with Gasteiger partial charge in [-0.1, -0.05) is 25.1 Å². The third-order valence-corrected chi connectivity index (χ3v) is 3.21. The monoisotopic (exact) mass is 296 g/mol. The SMILES string of the molecule is CCC(N)C(c1ccccc1F)N(CC(N)=O)CC(N)=O. The molecule has 0 heterocycles. The molecule has 0 aliphatic rings. The Bertz CT molecular complexity index is 494. The van der Waals surface area contributed by atoms with Gasteiger partial charge in [0.1, 0.15) is 5.82 Å². The number of carbonyl (C=O) groups is 2. The second-order valence-electron chi connectivity index (χ2n) is 4.88. The van der Waals surface area contributed by atoms with Crippen molar-refractivity contribution >= 4 is 11.8 Å². The highest BCUT2D eigenvalue weighted by Crippen LogP contribution is 2.27. The summed E-state index contributed by atoms with van der Waals surface area (Å²) in [6.45, 7) is 1.39. The van der Waals surface area contributed by atoms with Crippen LogP contribution in [0.4, 0.5) is 4.39 Å². The molecule has 116 valence electrons. The summed E-state index contributed by atoms with van der Waals surface area (Å²) < 4.78 is 14.1. The topological polar surface area (TPSA) is 115 Å². The number of hydrogen-bond acceptors (Lipinski definition) is 4. The number of rotatable bonds is 8. The first-order chi connectivity index (χ1) is 9.86. The van der Waals surface area contributed by atoms with E-state index in [0.29, 0.717) is 12.0 Å². The standard InChI is InChI=1S/C14H21FN4O2/c1-2-11(16)14(9-5-3-4-6-10(9)15)19(7-12(17)20)8-13(18)21/h3-6,11,14H,2,7-8,16H2,1H3,(H2,17,20)(H2,18,21). The molecule has 0 radical (unpaired) electrons. The molecule has 1 aromatic carbocycles. The molecule has 6 nitrogen and oxygen atoms in total. The zero-order chi connectivity index (χ0) is 16.0. The Kier molecular flexibility index (Phi) is 6.26. The molecule has 0 saturated heterocycles. The first-order valence-corrected chi connectivity index (χ1v) is 6.67. The minimum Gasteiger partial charge on any atom is -0.369 e. The number of carbonyl (C=O) groups excluding carboxylic acids is 2. The van der Waals surface area contributed by atoms with Crippen molar-refractivity contribution in [3.8, 4) is 0 Å². The van der Waals surface area contributed by atoms with E-state index in [4.69, 9.17) is 17.2 Å². The highest BCUT2D eigenvalue weighted by Gasteiger charge is 2.29. The first-order valence-electron chi connectivity index (χ1n) is 6.67. The van der Waals surface area contributed by atoms with E-state index in [9.17, 15) is 14.0 Å². The summed E-state index contributed by atoms with van der Waals surface area (Å²) in [6.07, 6.45) is 0.535. The van der Waals surface area contributed by atoms with Crippen LogP contribution in [0.3, 0.4) is 0 Å². The highest BCUT2D eigenvalue weighted by atomic mass is 19.1.